The Morgan fingerprint density at radius 3 is 2.78 bits per heavy atom. The molecular formula is C21H25N7O3S. The predicted molar refractivity (Wildman–Crippen MR) is 120 cm³/mol. The van der Waals surface area contributed by atoms with Gasteiger partial charge in [-0.05, 0) is 18.4 Å². The molecule has 0 radical (unpaired) electrons. The number of benzene rings is 1. The maximum absolute atomic E-state index is 11.4. The summed E-state index contributed by atoms with van der Waals surface area (Å²) in [5, 5.41) is 32.5. The average molecular weight is 456 g/mol. The van der Waals surface area contributed by atoms with Crippen LogP contribution in [0.4, 0.5) is 10.6 Å². The number of aliphatic hydroxyl groups excluding tert-OH is 1. The first-order chi connectivity index (χ1) is 15.5. The van der Waals surface area contributed by atoms with Crippen LogP contribution in [-0.4, -0.2) is 77.2 Å². The number of likely N-dealkylation sites (tertiary alicyclic amines) is 1. The van der Waals surface area contributed by atoms with Gasteiger partial charge in [-0.25, -0.2) is 19.4 Å². The zero-order valence-electron chi connectivity index (χ0n) is 17.6. The molecule has 5 rings (SSSR count). The maximum Gasteiger partial charge on any atom is 0.407 e. The minimum absolute atomic E-state index is 0.0375. The van der Waals surface area contributed by atoms with Crippen LogP contribution in [0.15, 0.2) is 35.5 Å². The van der Waals surface area contributed by atoms with E-state index in [1.54, 1.807) is 16.4 Å². The summed E-state index contributed by atoms with van der Waals surface area (Å²) in [5.74, 6) is 1.93. The summed E-state index contributed by atoms with van der Waals surface area (Å²) in [7, 11) is 0. The molecule has 1 aliphatic heterocycles. The van der Waals surface area contributed by atoms with Crippen LogP contribution < -0.4 is 5.32 Å². The van der Waals surface area contributed by atoms with Crippen molar-refractivity contribution < 1.29 is 15.0 Å². The Morgan fingerprint density at radius 2 is 2.06 bits per heavy atom. The lowest BCUT2D eigenvalue weighted by Gasteiger charge is -2.14. The number of carboxylic acid groups (broad SMARTS) is 1. The van der Waals surface area contributed by atoms with E-state index in [9.17, 15) is 15.0 Å². The zero-order chi connectivity index (χ0) is 22.2. The molecule has 1 amide bonds. The summed E-state index contributed by atoms with van der Waals surface area (Å²) < 4.78 is 1.55. The molecular weight excluding hydrogens is 430 g/mol. The molecule has 0 spiro atoms. The van der Waals surface area contributed by atoms with Crippen LogP contribution in [0.3, 0.4) is 0 Å². The summed E-state index contributed by atoms with van der Waals surface area (Å²) in [6.45, 7) is 2.27. The molecule has 4 atom stereocenters. The Hall–Kier alpha value is -2.92. The number of hydrogen-bond acceptors (Lipinski definition) is 8. The summed E-state index contributed by atoms with van der Waals surface area (Å²) in [5.41, 5.74) is 2.34. The van der Waals surface area contributed by atoms with Crippen LogP contribution >= 0.6 is 11.8 Å². The summed E-state index contributed by atoms with van der Waals surface area (Å²) in [6, 6.07) is 10.1. The molecule has 11 heteroatoms. The Labute approximate surface area is 189 Å². The molecule has 32 heavy (non-hydrogen) atoms. The third-order valence-electron chi connectivity index (χ3n) is 5.92. The predicted octanol–water partition coefficient (Wildman–Crippen LogP) is 2.59. The maximum atomic E-state index is 11.4. The van der Waals surface area contributed by atoms with Crippen molar-refractivity contribution in [2.45, 2.75) is 49.0 Å². The molecule has 0 unspecified atom stereocenters. The number of nitrogens with one attached hydrogen (secondary N) is 1. The number of anilines is 1. The van der Waals surface area contributed by atoms with Gasteiger partial charge < -0.3 is 20.4 Å². The minimum atomic E-state index is -1.06. The molecule has 1 saturated carbocycles. The van der Waals surface area contributed by atoms with Crippen LogP contribution in [-0.2, 0) is 0 Å². The fraction of sp³-hybridized carbons (Fsp3) is 0.476. The van der Waals surface area contributed by atoms with E-state index in [1.807, 2.05) is 18.2 Å². The Morgan fingerprint density at radius 1 is 1.25 bits per heavy atom. The SMILES string of the molecule is CCCSc1nc(N[C@H]2C[C@@H]2c2ccccc2)c2nnn([C@H]3CN(C(=O)O)C[C@@H]3O)c2n1. The van der Waals surface area contributed by atoms with E-state index in [0.717, 1.165) is 18.6 Å². The number of hydrogen-bond donors (Lipinski definition) is 3. The molecule has 1 saturated heterocycles. The highest BCUT2D eigenvalue weighted by atomic mass is 32.2. The summed E-state index contributed by atoms with van der Waals surface area (Å²) >= 11 is 1.56. The van der Waals surface area contributed by atoms with Gasteiger partial charge in [-0.1, -0.05) is 54.2 Å². The smallest absolute Gasteiger partial charge is 0.407 e. The molecule has 0 bridgehead atoms. The minimum Gasteiger partial charge on any atom is -0.465 e. The van der Waals surface area contributed by atoms with Gasteiger partial charge in [-0.3, -0.25) is 0 Å². The van der Waals surface area contributed by atoms with E-state index >= 15 is 0 Å². The lowest BCUT2D eigenvalue weighted by molar-refractivity contribution is 0.131. The van der Waals surface area contributed by atoms with Crippen LogP contribution in [0, 0.1) is 0 Å². The molecule has 3 N–H and O–H groups in total. The van der Waals surface area contributed by atoms with Gasteiger partial charge in [0.1, 0.15) is 6.04 Å². The van der Waals surface area contributed by atoms with Crippen molar-refractivity contribution in [1.29, 1.82) is 0 Å². The number of β-amino-alcohol motifs (C(OH)–C–C–N with tert-alkyl or cyclic N) is 1. The largest absolute Gasteiger partial charge is 0.465 e. The monoisotopic (exact) mass is 455 g/mol. The highest BCUT2D eigenvalue weighted by molar-refractivity contribution is 7.99. The number of fused-ring (bicyclic) bond motifs is 1. The summed E-state index contributed by atoms with van der Waals surface area (Å²) in [4.78, 5) is 21.9. The third kappa shape index (κ3) is 3.97. The number of thioether (sulfide) groups is 1. The van der Waals surface area contributed by atoms with Gasteiger partial charge in [0.25, 0.3) is 0 Å². The highest BCUT2D eigenvalue weighted by Gasteiger charge is 2.40. The first-order valence-electron chi connectivity index (χ1n) is 10.8. The molecule has 1 aliphatic carbocycles. The van der Waals surface area contributed by atoms with Gasteiger partial charge in [-0.2, -0.15) is 0 Å². The number of rotatable bonds is 7. The van der Waals surface area contributed by atoms with Gasteiger partial charge in [0.05, 0.1) is 12.6 Å². The van der Waals surface area contributed by atoms with E-state index in [0.29, 0.717) is 28.1 Å². The van der Waals surface area contributed by atoms with Gasteiger partial charge >= 0.3 is 6.09 Å². The summed E-state index contributed by atoms with van der Waals surface area (Å²) in [6.07, 6.45) is 0.0588. The van der Waals surface area contributed by atoms with Crippen LogP contribution in [0.1, 0.15) is 37.3 Å². The molecule has 1 aromatic carbocycles. The number of aliphatic hydroxyl groups is 1. The average Bonchev–Trinajstić information content (AvgIpc) is 3.25. The van der Waals surface area contributed by atoms with E-state index in [1.165, 1.54) is 10.5 Å². The van der Waals surface area contributed by atoms with Gasteiger partial charge in [0.2, 0.25) is 0 Å². The van der Waals surface area contributed by atoms with E-state index in [2.05, 4.69) is 39.7 Å². The quantitative estimate of drug-likeness (QED) is 0.363. The van der Waals surface area contributed by atoms with Crippen molar-refractivity contribution in [3.63, 3.8) is 0 Å². The second-order valence-corrected chi connectivity index (χ2v) is 9.30. The van der Waals surface area contributed by atoms with Crippen LogP contribution in [0.25, 0.3) is 11.2 Å². The topological polar surface area (TPSA) is 129 Å². The van der Waals surface area contributed by atoms with E-state index < -0.39 is 18.2 Å². The van der Waals surface area contributed by atoms with Gasteiger partial charge in [-0.15, -0.1) is 5.10 Å². The number of amides is 1. The van der Waals surface area contributed by atoms with Crippen molar-refractivity contribution in [2.75, 3.05) is 24.2 Å². The first kappa shape index (κ1) is 21.0. The van der Waals surface area contributed by atoms with Crippen molar-refractivity contribution in [2.24, 2.45) is 0 Å². The number of nitrogens with zero attached hydrogens (tertiary/aromatic N) is 6. The lowest BCUT2D eigenvalue weighted by atomic mass is 10.1. The normalized spacial score (nSPS) is 24.8. The third-order valence-corrected chi connectivity index (χ3v) is 6.98. The fourth-order valence-electron chi connectivity index (χ4n) is 4.16. The number of aromatic nitrogens is 5. The van der Waals surface area contributed by atoms with Gasteiger partial charge in [0, 0.05) is 24.3 Å². The fourth-order valence-corrected chi connectivity index (χ4v) is 4.85. The second-order valence-electron chi connectivity index (χ2n) is 8.24. The van der Waals surface area contributed by atoms with Crippen LogP contribution in [0.2, 0.25) is 0 Å². The zero-order valence-corrected chi connectivity index (χ0v) is 18.4. The van der Waals surface area contributed by atoms with Crippen molar-refractivity contribution >= 4 is 34.8 Å². The standard InChI is InChI=1S/C21H25N7O3S/c1-2-8-32-20-23-18(22-14-9-13(14)12-6-4-3-5-7-12)17-19(24-20)28(26-25-17)15-10-27(21(30)31)11-16(15)29/h3-7,13-16,29H,2,8-11H2,1H3,(H,30,31)(H,22,23,24)/t13-,14+,15+,16+/m1/s1. The van der Waals surface area contributed by atoms with Crippen molar-refractivity contribution in [1.82, 2.24) is 29.9 Å². The Kier molecular flexibility index (Phi) is 5.60. The molecule has 2 aromatic heterocycles. The van der Waals surface area contributed by atoms with Crippen LogP contribution in [0.5, 0.6) is 0 Å². The molecule has 10 nitrogen and oxygen atoms in total. The molecule has 168 valence electrons. The highest BCUT2D eigenvalue weighted by Crippen LogP contribution is 2.43. The van der Waals surface area contributed by atoms with Gasteiger partial charge in [0.15, 0.2) is 22.1 Å². The number of carbonyl (C=O) groups is 1. The molecule has 2 fully saturated rings. The molecule has 2 aliphatic rings. The van der Waals surface area contributed by atoms with Crippen molar-refractivity contribution in [3.05, 3.63) is 35.9 Å². The molecule has 3 aromatic rings. The molecule has 3 heterocycles. The Balaban J connectivity index is 1.46. The lowest BCUT2D eigenvalue weighted by Crippen LogP contribution is -2.27. The Bertz CT molecular complexity index is 1130. The van der Waals surface area contributed by atoms with E-state index in [-0.39, 0.29) is 19.1 Å². The van der Waals surface area contributed by atoms with E-state index in [4.69, 9.17) is 4.98 Å². The van der Waals surface area contributed by atoms with Crippen molar-refractivity contribution in [3.8, 4) is 0 Å². The second kappa shape index (κ2) is 8.55. The first-order valence-corrected chi connectivity index (χ1v) is 11.8.